The number of carbonyl (C=O) groups excluding carboxylic acids is 1. The van der Waals surface area contributed by atoms with Crippen LogP contribution in [0.25, 0.3) is 0 Å². The topological polar surface area (TPSA) is 48.0 Å². The molecule has 0 N–H and O–H groups in total. The lowest BCUT2D eigenvalue weighted by molar-refractivity contribution is -0.0114. The van der Waals surface area contributed by atoms with Crippen LogP contribution in [0.15, 0.2) is 60.7 Å². The SMILES string of the molecule is CC(C)(C)OC(=O)N1CC(COCc2ccccc2)C(OCc2ccccc2)C1. The molecule has 0 spiro atoms. The van der Waals surface area contributed by atoms with E-state index < -0.39 is 5.60 Å². The van der Waals surface area contributed by atoms with Crippen LogP contribution in [0.2, 0.25) is 0 Å². The first-order valence-corrected chi connectivity index (χ1v) is 10.2. The molecule has 156 valence electrons. The first-order valence-electron chi connectivity index (χ1n) is 10.2. The number of nitrogens with zero attached hydrogens (tertiary/aromatic N) is 1. The Hall–Kier alpha value is -2.37. The van der Waals surface area contributed by atoms with E-state index in [0.717, 1.165) is 11.1 Å². The first-order chi connectivity index (χ1) is 13.9. The second-order valence-electron chi connectivity index (χ2n) is 8.48. The molecule has 5 nitrogen and oxygen atoms in total. The van der Waals surface area contributed by atoms with Gasteiger partial charge in [0.2, 0.25) is 0 Å². The van der Waals surface area contributed by atoms with Crippen LogP contribution < -0.4 is 0 Å². The van der Waals surface area contributed by atoms with Crippen molar-refractivity contribution < 1.29 is 19.0 Å². The van der Waals surface area contributed by atoms with Crippen molar-refractivity contribution >= 4 is 6.09 Å². The van der Waals surface area contributed by atoms with Crippen molar-refractivity contribution in [2.24, 2.45) is 5.92 Å². The van der Waals surface area contributed by atoms with Crippen LogP contribution in [-0.2, 0) is 27.4 Å². The molecule has 1 aliphatic rings. The normalized spacial score (nSPS) is 19.3. The number of likely N-dealkylation sites (tertiary alicyclic amines) is 1. The Kier molecular flexibility index (Phi) is 7.29. The molecule has 2 atom stereocenters. The van der Waals surface area contributed by atoms with Gasteiger partial charge in [-0.25, -0.2) is 4.79 Å². The van der Waals surface area contributed by atoms with Crippen molar-refractivity contribution in [1.82, 2.24) is 4.90 Å². The summed E-state index contributed by atoms with van der Waals surface area (Å²) >= 11 is 0. The third-order valence-corrected chi connectivity index (χ3v) is 4.78. The number of hydrogen-bond donors (Lipinski definition) is 0. The van der Waals surface area contributed by atoms with Crippen LogP contribution >= 0.6 is 0 Å². The first kappa shape index (κ1) is 21.3. The summed E-state index contributed by atoms with van der Waals surface area (Å²) in [5.41, 5.74) is 1.74. The van der Waals surface area contributed by atoms with Crippen LogP contribution in [0.4, 0.5) is 4.79 Å². The molecule has 1 amide bonds. The smallest absolute Gasteiger partial charge is 0.410 e. The van der Waals surface area contributed by atoms with E-state index in [1.807, 2.05) is 81.4 Å². The third-order valence-electron chi connectivity index (χ3n) is 4.78. The molecule has 5 heteroatoms. The number of ether oxygens (including phenoxy) is 3. The van der Waals surface area contributed by atoms with Crippen LogP contribution in [-0.4, -0.2) is 42.4 Å². The highest BCUT2D eigenvalue weighted by molar-refractivity contribution is 5.68. The van der Waals surface area contributed by atoms with Gasteiger partial charge in [-0.2, -0.15) is 0 Å². The fourth-order valence-corrected chi connectivity index (χ4v) is 3.35. The summed E-state index contributed by atoms with van der Waals surface area (Å²) in [6.07, 6.45) is -0.380. The second-order valence-corrected chi connectivity index (χ2v) is 8.48. The van der Waals surface area contributed by atoms with Gasteiger partial charge in [0.1, 0.15) is 5.60 Å². The molecule has 2 aromatic carbocycles. The predicted octanol–water partition coefficient (Wildman–Crippen LogP) is 4.66. The Balaban J connectivity index is 1.58. The number of benzene rings is 2. The molecule has 1 saturated heterocycles. The van der Waals surface area contributed by atoms with Gasteiger partial charge in [0.05, 0.1) is 32.5 Å². The lowest BCUT2D eigenvalue weighted by atomic mass is 10.1. The Bertz CT molecular complexity index is 757. The molecule has 0 radical (unpaired) electrons. The molecule has 1 aliphatic heterocycles. The van der Waals surface area contributed by atoms with E-state index in [-0.39, 0.29) is 18.1 Å². The van der Waals surface area contributed by atoms with Crippen LogP contribution in [0.1, 0.15) is 31.9 Å². The molecular formula is C24H31NO4. The maximum atomic E-state index is 12.5. The zero-order valence-corrected chi connectivity index (χ0v) is 17.5. The van der Waals surface area contributed by atoms with Crippen molar-refractivity contribution in [2.75, 3.05) is 19.7 Å². The van der Waals surface area contributed by atoms with Gasteiger partial charge in [-0.15, -0.1) is 0 Å². The molecule has 0 aromatic heterocycles. The van der Waals surface area contributed by atoms with Crippen molar-refractivity contribution in [3.8, 4) is 0 Å². The highest BCUT2D eigenvalue weighted by atomic mass is 16.6. The lowest BCUT2D eigenvalue weighted by Gasteiger charge is -2.24. The van der Waals surface area contributed by atoms with Gasteiger partial charge in [-0.1, -0.05) is 60.7 Å². The minimum atomic E-state index is -0.515. The molecular weight excluding hydrogens is 366 g/mol. The fraction of sp³-hybridized carbons (Fsp3) is 0.458. The maximum Gasteiger partial charge on any atom is 0.410 e. The predicted molar refractivity (Wildman–Crippen MR) is 112 cm³/mol. The van der Waals surface area contributed by atoms with E-state index in [2.05, 4.69) is 0 Å². The summed E-state index contributed by atoms with van der Waals surface area (Å²) in [6.45, 7) is 8.33. The molecule has 2 unspecified atom stereocenters. The van der Waals surface area contributed by atoms with E-state index in [9.17, 15) is 4.79 Å². The van der Waals surface area contributed by atoms with Crippen molar-refractivity contribution in [3.05, 3.63) is 71.8 Å². The molecule has 0 bridgehead atoms. The van der Waals surface area contributed by atoms with E-state index in [1.54, 1.807) is 4.90 Å². The molecule has 29 heavy (non-hydrogen) atoms. The van der Waals surface area contributed by atoms with E-state index in [1.165, 1.54) is 0 Å². The van der Waals surface area contributed by atoms with Crippen molar-refractivity contribution in [2.45, 2.75) is 45.7 Å². The Morgan fingerprint density at radius 3 is 2.10 bits per heavy atom. The molecule has 1 fully saturated rings. The zero-order valence-electron chi connectivity index (χ0n) is 17.5. The van der Waals surface area contributed by atoms with Crippen LogP contribution in [0, 0.1) is 5.92 Å². The van der Waals surface area contributed by atoms with Crippen molar-refractivity contribution in [1.29, 1.82) is 0 Å². The van der Waals surface area contributed by atoms with E-state index >= 15 is 0 Å². The summed E-state index contributed by atoms with van der Waals surface area (Å²) in [7, 11) is 0. The van der Waals surface area contributed by atoms with Crippen LogP contribution in [0.3, 0.4) is 0 Å². The minimum Gasteiger partial charge on any atom is -0.444 e. The van der Waals surface area contributed by atoms with Gasteiger partial charge in [-0.3, -0.25) is 0 Å². The van der Waals surface area contributed by atoms with Gasteiger partial charge >= 0.3 is 6.09 Å². The molecule has 0 aliphatic carbocycles. The number of amides is 1. The molecule has 0 saturated carbocycles. The standard InChI is InChI=1S/C24H31NO4/c1-24(2,3)29-23(26)25-14-21(18-27-16-19-10-6-4-7-11-19)22(15-25)28-17-20-12-8-5-9-13-20/h4-13,21-22H,14-18H2,1-3H3. The lowest BCUT2D eigenvalue weighted by Crippen LogP contribution is -2.36. The summed E-state index contributed by atoms with van der Waals surface area (Å²) in [5.74, 6) is 0.106. The number of hydrogen-bond acceptors (Lipinski definition) is 4. The van der Waals surface area contributed by atoms with Gasteiger partial charge in [-0.05, 0) is 31.9 Å². The zero-order chi connectivity index (χ0) is 20.7. The molecule has 3 rings (SSSR count). The molecule has 1 heterocycles. The minimum absolute atomic E-state index is 0.0847. The fourth-order valence-electron chi connectivity index (χ4n) is 3.35. The Labute approximate surface area is 173 Å². The highest BCUT2D eigenvalue weighted by Crippen LogP contribution is 2.24. The quantitative estimate of drug-likeness (QED) is 0.682. The Morgan fingerprint density at radius 2 is 1.52 bits per heavy atom. The number of carbonyl (C=O) groups is 1. The van der Waals surface area contributed by atoms with Gasteiger partial charge in [0, 0.05) is 12.5 Å². The van der Waals surface area contributed by atoms with Gasteiger partial charge in [0.15, 0.2) is 0 Å². The third kappa shape index (κ3) is 6.87. The summed E-state index contributed by atoms with van der Waals surface area (Å²) in [6, 6.07) is 20.2. The summed E-state index contributed by atoms with van der Waals surface area (Å²) in [4.78, 5) is 14.3. The maximum absolute atomic E-state index is 12.5. The highest BCUT2D eigenvalue weighted by Gasteiger charge is 2.38. The van der Waals surface area contributed by atoms with Gasteiger partial charge < -0.3 is 19.1 Å². The largest absolute Gasteiger partial charge is 0.444 e. The molecule has 2 aromatic rings. The van der Waals surface area contributed by atoms with E-state index in [0.29, 0.717) is 32.9 Å². The average molecular weight is 398 g/mol. The monoisotopic (exact) mass is 397 g/mol. The Morgan fingerprint density at radius 1 is 0.931 bits per heavy atom. The van der Waals surface area contributed by atoms with Crippen LogP contribution in [0.5, 0.6) is 0 Å². The van der Waals surface area contributed by atoms with Crippen molar-refractivity contribution in [3.63, 3.8) is 0 Å². The average Bonchev–Trinajstić information content (AvgIpc) is 3.10. The number of rotatable bonds is 7. The van der Waals surface area contributed by atoms with Gasteiger partial charge in [0.25, 0.3) is 0 Å². The van der Waals surface area contributed by atoms with E-state index in [4.69, 9.17) is 14.2 Å². The second kappa shape index (κ2) is 9.90. The summed E-state index contributed by atoms with van der Waals surface area (Å²) < 4.78 is 17.7. The summed E-state index contributed by atoms with van der Waals surface area (Å²) in [5, 5.41) is 0.